The van der Waals surface area contributed by atoms with E-state index >= 15 is 0 Å². The lowest BCUT2D eigenvalue weighted by atomic mass is 10.2. The number of hydrogen-bond acceptors (Lipinski definition) is 4. The van der Waals surface area contributed by atoms with E-state index in [0.29, 0.717) is 25.2 Å². The Hall–Kier alpha value is -3.61. The number of amides is 2. The van der Waals surface area contributed by atoms with Crippen molar-refractivity contribution in [1.82, 2.24) is 4.57 Å². The summed E-state index contributed by atoms with van der Waals surface area (Å²) in [7, 11) is 0. The summed E-state index contributed by atoms with van der Waals surface area (Å²) < 4.78 is 7.09. The number of anilines is 2. The number of carbonyl (C=O) groups is 3. The monoisotopic (exact) mass is 405 g/mol. The van der Waals surface area contributed by atoms with Gasteiger partial charge in [-0.15, -0.1) is 0 Å². The number of nitrogens with zero attached hydrogens (tertiary/aromatic N) is 2. The van der Waals surface area contributed by atoms with Crippen LogP contribution in [0.2, 0.25) is 0 Å². The lowest BCUT2D eigenvalue weighted by Crippen LogP contribution is -2.24. The van der Waals surface area contributed by atoms with Gasteiger partial charge in [-0.05, 0) is 42.1 Å². The summed E-state index contributed by atoms with van der Waals surface area (Å²) >= 11 is 0. The third kappa shape index (κ3) is 4.51. The van der Waals surface area contributed by atoms with Crippen molar-refractivity contribution in [3.05, 3.63) is 60.8 Å². The first-order valence-electron chi connectivity index (χ1n) is 10.00. The van der Waals surface area contributed by atoms with E-state index in [-0.39, 0.29) is 18.9 Å². The van der Waals surface area contributed by atoms with Crippen molar-refractivity contribution in [3.63, 3.8) is 0 Å². The number of aromatic nitrogens is 1. The molecular formula is C23H23N3O4. The second kappa shape index (κ2) is 8.82. The molecule has 0 spiro atoms. The average Bonchev–Trinajstić information content (AvgIpc) is 3.37. The number of para-hydroxylation sites is 1. The van der Waals surface area contributed by atoms with Crippen molar-refractivity contribution in [1.29, 1.82) is 0 Å². The standard InChI is InChI=1S/C23H23N3O4/c27-21(24-18-6-3-7-19(15-18)26-12-4-9-22(26)28)16-30-23(29)11-14-25-13-10-17-5-1-2-8-20(17)25/h1-3,5-8,10,13,15H,4,9,11-12,14,16H2,(H,24,27). The van der Waals surface area contributed by atoms with Crippen molar-refractivity contribution < 1.29 is 19.1 Å². The zero-order valence-corrected chi connectivity index (χ0v) is 16.5. The van der Waals surface area contributed by atoms with Crippen LogP contribution in [0.15, 0.2) is 60.8 Å². The Morgan fingerprint density at radius 2 is 1.93 bits per heavy atom. The van der Waals surface area contributed by atoms with Crippen LogP contribution < -0.4 is 10.2 Å². The molecule has 1 aliphatic rings. The molecular weight excluding hydrogens is 382 g/mol. The fraction of sp³-hybridized carbons (Fsp3) is 0.261. The van der Waals surface area contributed by atoms with Crippen LogP contribution in [0.5, 0.6) is 0 Å². The molecule has 0 saturated carbocycles. The molecule has 2 amide bonds. The Morgan fingerprint density at radius 1 is 1.07 bits per heavy atom. The van der Waals surface area contributed by atoms with Crippen LogP contribution in [0.3, 0.4) is 0 Å². The Morgan fingerprint density at radius 3 is 2.77 bits per heavy atom. The number of hydrogen-bond donors (Lipinski definition) is 1. The van der Waals surface area contributed by atoms with Crippen molar-refractivity contribution in [2.75, 3.05) is 23.4 Å². The van der Waals surface area contributed by atoms with Gasteiger partial charge < -0.3 is 19.5 Å². The van der Waals surface area contributed by atoms with Gasteiger partial charge in [-0.2, -0.15) is 0 Å². The van der Waals surface area contributed by atoms with E-state index in [1.807, 2.05) is 47.2 Å². The molecule has 7 heteroatoms. The van der Waals surface area contributed by atoms with Crippen LogP contribution in [0.25, 0.3) is 10.9 Å². The number of aryl methyl sites for hydroxylation is 1. The van der Waals surface area contributed by atoms with Gasteiger partial charge in [0, 0.05) is 42.6 Å². The highest BCUT2D eigenvalue weighted by atomic mass is 16.5. The number of nitrogens with one attached hydrogen (secondary N) is 1. The summed E-state index contributed by atoms with van der Waals surface area (Å²) in [6, 6.07) is 17.0. The third-order valence-corrected chi connectivity index (χ3v) is 5.12. The molecule has 2 aromatic carbocycles. The molecule has 154 valence electrons. The van der Waals surface area contributed by atoms with Crippen LogP contribution in [0, 0.1) is 0 Å². The quantitative estimate of drug-likeness (QED) is 0.612. The zero-order chi connectivity index (χ0) is 20.9. The molecule has 7 nitrogen and oxygen atoms in total. The summed E-state index contributed by atoms with van der Waals surface area (Å²) in [6.07, 6.45) is 3.50. The third-order valence-electron chi connectivity index (χ3n) is 5.12. The van der Waals surface area contributed by atoms with Gasteiger partial charge >= 0.3 is 5.97 Å². The molecule has 0 bridgehead atoms. The van der Waals surface area contributed by atoms with Crippen LogP contribution in [-0.2, 0) is 25.7 Å². The Kier molecular flexibility index (Phi) is 5.79. The first-order chi connectivity index (χ1) is 14.6. The maximum atomic E-state index is 12.1. The lowest BCUT2D eigenvalue weighted by Gasteiger charge is -2.16. The maximum Gasteiger partial charge on any atom is 0.308 e. The minimum Gasteiger partial charge on any atom is -0.456 e. The van der Waals surface area contributed by atoms with E-state index in [1.54, 1.807) is 23.1 Å². The van der Waals surface area contributed by atoms with Gasteiger partial charge in [0.2, 0.25) is 5.91 Å². The van der Waals surface area contributed by atoms with E-state index in [4.69, 9.17) is 4.74 Å². The lowest BCUT2D eigenvalue weighted by molar-refractivity contribution is -0.147. The number of esters is 1. The second-order valence-electron chi connectivity index (χ2n) is 7.23. The van der Waals surface area contributed by atoms with Crippen LogP contribution in [0.4, 0.5) is 11.4 Å². The molecule has 1 fully saturated rings. The number of benzene rings is 2. The normalized spacial score (nSPS) is 13.6. The van der Waals surface area contributed by atoms with Gasteiger partial charge in [-0.3, -0.25) is 14.4 Å². The molecule has 1 aliphatic heterocycles. The summed E-state index contributed by atoms with van der Waals surface area (Å²) in [6.45, 7) is 0.822. The van der Waals surface area contributed by atoms with E-state index in [9.17, 15) is 14.4 Å². The van der Waals surface area contributed by atoms with Gasteiger partial charge in [0.15, 0.2) is 6.61 Å². The fourth-order valence-corrected chi connectivity index (χ4v) is 3.64. The topological polar surface area (TPSA) is 80.6 Å². The Balaban J connectivity index is 1.25. The molecule has 3 aromatic rings. The minimum absolute atomic E-state index is 0.0860. The predicted octanol–water partition coefficient (Wildman–Crippen LogP) is 3.34. The Labute approximate surface area is 174 Å². The van der Waals surface area contributed by atoms with E-state index < -0.39 is 11.9 Å². The highest BCUT2D eigenvalue weighted by Gasteiger charge is 2.21. The molecule has 0 radical (unpaired) electrons. The first-order valence-corrected chi connectivity index (χ1v) is 10.00. The summed E-state index contributed by atoms with van der Waals surface area (Å²) in [5.41, 5.74) is 2.37. The Bertz CT molecular complexity index is 1090. The molecule has 0 unspecified atom stereocenters. The molecule has 4 rings (SSSR count). The van der Waals surface area contributed by atoms with Crippen molar-refractivity contribution in [2.45, 2.75) is 25.8 Å². The summed E-state index contributed by atoms with van der Waals surface area (Å²) in [5.74, 6) is -0.762. The summed E-state index contributed by atoms with van der Waals surface area (Å²) in [4.78, 5) is 37.8. The first kappa shape index (κ1) is 19.7. The van der Waals surface area contributed by atoms with E-state index in [2.05, 4.69) is 5.32 Å². The molecule has 0 aliphatic carbocycles. The molecule has 1 N–H and O–H groups in total. The fourth-order valence-electron chi connectivity index (χ4n) is 3.64. The largest absolute Gasteiger partial charge is 0.456 e. The number of ether oxygens (including phenoxy) is 1. The minimum atomic E-state index is -0.431. The van der Waals surface area contributed by atoms with E-state index in [1.165, 1.54) is 0 Å². The second-order valence-corrected chi connectivity index (χ2v) is 7.23. The average molecular weight is 405 g/mol. The van der Waals surface area contributed by atoms with Crippen molar-refractivity contribution in [3.8, 4) is 0 Å². The van der Waals surface area contributed by atoms with Gasteiger partial charge in [-0.1, -0.05) is 24.3 Å². The smallest absolute Gasteiger partial charge is 0.308 e. The molecule has 1 saturated heterocycles. The summed E-state index contributed by atoms with van der Waals surface area (Å²) in [5, 5.41) is 3.82. The molecule has 2 heterocycles. The number of carbonyl (C=O) groups excluding carboxylic acids is 3. The maximum absolute atomic E-state index is 12.1. The molecule has 30 heavy (non-hydrogen) atoms. The highest BCUT2D eigenvalue weighted by molar-refractivity contribution is 5.97. The molecule has 0 atom stereocenters. The number of fused-ring (bicyclic) bond motifs is 1. The van der Waals surface area contributed by atoms with Crippen LogP contribution >= 0.6 is 0 Å². The van der Waals surface area contributed by atoms with Gasteiger partial charge in [-0.25, -0.2) is 0 Å². The number of rotatable bonds is 7. The van der Waals surface area contributed by atoms with Gasteiger partial charge in [0.05, 0.1) is 6.42 Å². The van der Waals surface area contributed by atoms with Crippen molar-refractivity contribution >= 4 is 40.1 Å². The highest BCUT2D eigenvalue weighted by Crippen LogP contribution is 2.24. The SMILES string of the molecule is O=C(COC(=O)CCn1ccc2ccccc21)Nc1cccc(N2CCCC2=O)c1. The van der Waals surface area contributed by atoms with Gasteiger partial charge in [0.25, 0.3) is 5.91 Å². The van der Waals surface area contributed by atoms with Gasteiger partial charge in [0.1, 0.15) is 0 Å². The van der Waals surface area contributed by atoms with Crippen molar-refractivity contribution in [2.24, 2.45) is 0 Å². The predicted molar refractivity (Wildman–Crippen MR) is 114 cm³/mol. The zero-order valence-electron chi connectivity index (χ0n) is 16.5. The van der Waals surface area contributed by atoms with Crippen LogP contribution in [-0.4, -0.2) is 35.5 Å². The van der Waals surface area contributed by atoms with Crippen LogP contribution in [0.1, 0.15) is 19.3 Å². The molecule has 1 aromatic heterocycles. The van der Waals surface area contributed by atoms with E-state index in [0.717, 1.165) is 23.0 Å².